The van der Waals surface area contributed by atoms with E-state index in [0.717, 1.165) is 0 Å². The largest absolute Gasteiger partial charge is 0.420 e. The van der Waals surface area contributed by atoms with Crippen LogP contribution >= 0.6 is 0 Å². The quantitative estimate of drug-likeness (QED) is 0.695. The van der Waals surface area contributed by atoms with Crippen molar-refractivity contribution in [3.05, 3.63) is 102 Å². The van der Waals surface area contributed by atoms with Crippen LogP contribution in [0.5, 0.6) is 0 Å². The Bertz CT molecular complexity index is 854. The highest BCUT2D eigenvalue weighted by atomic mass is 14.8. The molecule has 23 heavy (non-hydrogen) atoms. The summed E-state index contributed by atoms with van der Waals surface area (Å²) in [6.45, 7) is 2.34. The van der Waals surface area contributed by atoms with Crippen molar-refractivity contribution in [1.29, 1.82) is 0 Å². The summed E-state index contributed by atoms with van der Waals surface area (Å²) in [6, 6.07) is 27.9. The first-order valence-corrected chi connectivity index (χ1v) is 8.01. The first kappa shape index (κ1) is 13.9. The van der Waals surface area contributed by atoms with Crippen molar-refractivity contribution in [1.82, 2.24) is 0 Å². The van der Waals surface area contributed by atoms with Crippen molar-refractivity contribution < 1.29 is 0 Å². The predicted octanol–water partition coefficient (Wildman–Crippen LogP) is 4.29. The van der Waals surface area contributed by atoms with Crippen LogP contribution in [0.3, 0.4) is 0 Å². The molecule has 0 aromatic heterocycles. The average Bonchev–Trinajstić information content (AvgIpc) is 2.62. The normalized spacial score (nSPS) is 13.1. The first-order valence-electron chi connectivity index (χ1n) is 8.01. The fourth-order valence-corrected chi connectivity index (χ4v) is 3.18. The molecule has 0 amide bonds. The molecule has 0 unspecified atom stereocenters. The topological polar surface area (TPSA) is 12.0 Å². The molecule has 1 aliphatic rings. The first-order chi connectivity index (χ1) is 11.3. The molecule has 110 valence electrons. The molecule has 0 radical (unpaired) electrons. The van der Waals surface area contributed by atoms with E-state index in [9.17, 15) is 0 Å². The summed E-state index contributed by atoms with van der Waals surface area (Å²) in [7, 11) is 0. The lowest BCUT2D eigenvalue weighted by atomic mass is 9.53. The van der Waals surface area contributed by atoms with E-state index in [1.54, 1.807) is 0 Å². The lowest BCUT2D eigenvalue weighted by molar-refractivity contribution is 1.43. The van der Waals surface area contributed by atoms with Crippen LogP contribution in [0.15, 0.2) is 84.8 Å². The Morgan fingerprint density at radius 1 is 0.783 bits per heavy atom. The highest BCUT2D eigenvalue weighted by Crippen LogP contribution is 2.33. The van der Waals surface area contributed by atoms with Gasteiger partial charge in [0.05, 0.1) is 0 Å². The van der Waals surface area contributed by atoms with Crippen LogP contribution in [0.4, 0.5) is 5.69 Å². The van der Waals surface area contributed by atoms with Gasteiger partial charge in [0, 0.05) is 11.3 Å². The summed E-state index contributed by atoms with van der Waals surface area (Å²) in [5.74, 6) is 2.34. The van der Waals surface area contributed by atoms with Gasteiger partial charge in [-0.3, -0.25) is 0 Å². The molecule has 1 aliphatic heterocycles. The smallest absolute Gasteiger partial charge is 0.314 e. The number of nitrogens with one attached hydrogen (secondary N) is 1. The van der Waals surface area contributed by atoms with Crippen molar-refractivity contribution in [2.45, 2.75) is 6.92 Å². The molecule has 2 heteroatoms. The van der Waals surface area contributed by atoms with Crippen LogP contribution in [0.25, 0.3) is 5.57 Å². The maximum Gasteiger partial charge on any atom is 0.314 e. The number of aryl methyl sites for hydroxylation is 1. The molecule has 0 bridgehead atoms. The zero-order chi connectivity index (χ0) is 15.6. The van der Waals surface area contributed by atoms with E-state index in [4.69, 9.17) is 0 Å². The van der Waals surface area contributed by atoms with Crippen molar-refractivity contribution in [3.8, 4) is 0 Å². The van der Waals surface area contributed by atoms with Crippen molar-refractivity contribution in [3.63, 3.8) is 0 Å². The second-order valence-electron chi connectivity index (χ2n) is 6.03. The van der Waals surface area contributed by atoms with E-state index in [1.165, 1.54) is 33.4 Å². The highest BCUT2D eigenvalue weighted by molar-refractivity contribution is 6.82. The molecule has 1 N–H and O–H groups in total. The van der Waals surface area contributed by atoms with E-state index in [0.29, 0.717) is 0 Å². The van der Waals surface area contributed by atoms with Crippen molar-refractivity contribution in [2.75, 3.05) is 5.23 Å². The Hall–Kier alpha value is -2.74. The van der Waals surface area contributed by atoms with Crippen LogP contribution in [0.2, 0.25) is 0 Å². The average molecular weight is 295 g/mol. The molecule has 0 saturated heterocycles. The maximum atomic E-state index is 3.66. The summed E-state index contributed by atoms with van der Waals surface area (Å²) >= 11 is 0. The minimum absolute atomic E-state index is 0.196. The summed E-state index contributed by atoms with van der Waals surface area (Å²) in [4.78, 5) is 0. The summed E-state index contributed by atoms with van der Waals surface area (Å²) in [5, 5.41) is 3.66. The minimum atomic E-state index is 0.196. The number of benzene rings is 3. The third-order valence-corrected chi connectivity index (χ3v) is 4.35. The Morgan fingerprint density at radius 3 is 2.22 bits per heavy atom. The van der Waals surface area contributed by atoms with Crippen LogP contribution in [0, 0.1) is 6.92 Å². The third-order valence-electron chi connectivity index (χ3n) is 4.35. The molecule has 0 atom stereocenters. The van der Waals surface area contributed by atoms with Gasteiger partial charge in [0.1, 0.15) is 0 Å². The Morgan fingerprint density at radius 2 is 1.48 bits per heavy atom. The molecular weight excluding hydrogens is 277 g/mol. The third kappa shape index (κ3) is 2.68. The number of hydrogen-bond donors (Lipinski definition) is 1. The van der Waals surface area contributed by atoms with Crippen molar-refractivity contribution >= 4 is 23.6 Å². The van der Waals surface area contributed by atoms with Gasteiger partial charge in [0.25, 0.3) is 0 Å². The van der Waals surface area contributed by atoms with Gasteiger partial charge in [0.15, 0.2) is 0 Å². The molecular formula is C21H18BN. The Kier molecular flexibility index (Phi) is 3.51. The lowest BCUT2D eigenvalue weighted by Gasteiger charge is -2.25. The monoisotopic (exact) mass is 295 g/mol. The fourth-order valence-electron chi connectivity index (χ4n) is 3.18. The van der Waals surface area contributed by atoms with Gasteiger partial charge in [-0.25, -0.2) is 0 Å². The summed E-state index contributed by atoms with van der Waals surface area (Å²) < 4.78 is 0. The van der Waals surface area contributed by atoms with Gasteiger partial charge >= 0.3 is 6.85 Å². The molecule has 3 aromatic carbocycles. The zero-order valence-corrected chi connectivity index (χ0v) is 13.2. The van der Waals surface area contributed by atoms with Gasteiger partial charge < -0.3 is 5.23 Å². The van der Waals surface area contributed by atoms with E-state index in [2.05, 4.69) is 97.0 Å². The Labute approximate surface area is 137 Å². The van der Waals surface area contributed by atoms with Crippen LogP contribution < -0.4 is 10.7 Å². The molecule has 0 saturated carbocycles. The van der Waals surface area contributed by atoms with Crippen molar-refractivity contribution in [2.24, 2.45) is 0 Å². The number of rotatable bonds is 2. The van der Waals surface area contributed by atoms with E-state index < -0.39 is 0 Å². The maximum absolute atomic E-state index is 3.66. The molecule has 4 rings (SSSR count). The second-order valence-corrected chi connectivity index (χ2v) is 6.03. The SMILES string of the molecule is Cc1ccc2c(c1)C(c1ccccc1)=CB(c1ccccc1)N2. The van der Waals surface area contributed by atoms with Gasteiger partial charge in [0.2, 0.25) is 0 Å². The van der Waals surface area contributed by atoms with Gasteiger partial charge in [-0.2, -0.15) is 0 Å². The van der Waals surface area contributed by atoms with Gasteiger partial charge in [-0.05, 0) is 30.2 Å². The van der Waals surface area contributed by atoms with Crippen LogP contribution in [-0.4, -0.2) is 6.85 Å². The van der Waals surface area contributed by atoms with E-state index in [-0.39, 0.29) is 6.85 Å². The number of fused-ring (bicyclic) bond motifs is 1. The number of anilines is 1. The van der Waals surface area contributed by atoms with E-state index >= 15 is 0 Å². The molecule has 0 fully saturated rings. The lowest BCUT2D eigenvalue weighted by Crippen LogP contribution is -2.39. The van der Waals surface area contributed by atoms with Crippen LogP contribution in [0.1, 0.15) is 16.7 Å². The molecule has 0 spiro atoms. The standard InChI is InChI=1S/C21H18BN/c1-16-12-13-21-19(14-16)20(17-8-4-2-5-9-17)15-22(23-21)18-10-6-3-7-11-18/h2-15,23H,1H3. The predicted molar refractivity (Wildman–Crippen MR) is 100 cm³/mol. The Balaban J connectivity index is 1.87. The van der Waals surface area contributed by atoms with Gasteiger partial charge in [-0.1, -0.05) is 83.7 Å². The summed E-state index contributed by atoms with van der Waals surface area (Å²) in [5.41, 5.74) is 7.62. The zero-order valence-electron chi connectivity index (χ0n) is 13.2. The molecule has 0 aliphatic carbocycles. The summed E-state index contributed by atoms with van der Waals surface area (Å²) in [6.07, 6.45) is 0. The molecule has 3 aromatic rings. The molecule has 1 nitrogen and oxygen atoms in total. The number of hydrogen-bond acceptors (Lipinski definition) is 1. The van der Waals surface area contributed by atoms with Gasteiger partial charge in [-0.15, -0.1) is 0 Å². The second kappa shape index (κ2) is 5.81. The van der Waals surface area contributed by atoms with Crippen LogP contribution in [-0.2, 0) is 0 Å². The van der Waals surface area contributed by atoms with E-state index in [1.807, 2.05) is 0 Å². The minimum Gasteiger partial charge on any atom is -0.420 e. The highest BCUT2D eigenvalue weighted by Gasteiger charge is 2.24. The molecule has 1 heterocycles. The fraction of sp³-hybridized carbons (Fsp3) is 0.0476.